The SMILES string of the molecule is CC1C(=O)NCCN1c1nc(N)nc(N2CCOCC2)n1. The van der Waals surface area contributed by atoms with Gasteiger partial charge in [-0.2, -0.15) is 15.0 Å². The molecule has 9 heteroatoms. The number of nitrogen functional groups attached to an aromatic ring is 1. The van der Waals surface area contributed by atoms with Crippen molar-refractivity contribution >= 4 is 23.8 Å². The van der Waals surface area contributed by atoms with E-state index >= 15 is 0 Å². The Labute approximate surface area is 122 Å². The summed E-state index contributed by atoms with van der Waals surface area (Å²) in [5.41, 5.74) is 5.81. The second kappa shape index (κ2) is 5.68. The Morgan fingerprint density at radius 1 is 1.19 bits per heavy atom. The van der Waals surface area contributed by atoms with E-state index in [1.807, 2.05) is 16.7 Å². The highest BCUT2D eigenvalue weighted by molar-refractivity contribution is 5.85. The Morgan fingerprint density at radius 3 is 2.67 bits per heavy atom. The van der Waals surface area contributed by atoms with Crippen LogP contribution in [-0.2, 0) is 9.53 Å². The zero-order chi connectivity index (χ0) is 14.8. The first-order valence-electron chi connectivity index (χ1n) is 7.04. The lowest BCUT2D eigenvalue weighted by molar-refractivity contribution is -0.122. The Kier molecular flexibility index (Phi) is 3.74. The molecule has 0 radical (unpaired) electrons. The summed E-state index contributed by atoms with van der Waals surface area (Å²) in [5, 5.41) is 2.81. The molecule has 1 atom stereocenters. The fraction of sp³-hybridized carbons (Fsp3) is 0.667. The molecule has 2 aliphatic rings. The number of nitrogens with zero attached hydrogens (tertiary/aromatic N) is 5. The van der Waals surface area contributed by atoms with Crippen LogP contribution >= 0.6 is 0 Å². The summed E-state index contributed by atoms with van der Waals surface area (Å²) in [6, 6.07) is -0.321. The van der Waals surface area contributed by atoms with Crippen LogP contribution < -0.4 is 20.9 Å². The van der Waals surface area contributed by atoms with E-state index in [4.69, 9.17) is 10.5 Å². The van der Waals surface area contributed by atoms with Gasteiger partial charge in [0.15, 0.2) is 0 Å². The van der Waals surface area contributed by atoms with Crippen LogP contribution in [0, 0.1) is 0 Å². The number of carbonyl (C=O) groups excluding carboxylic acids is 1. The van der Waals surface area contributed by atoms with Gasteiger partial charge in [-0.3, -0.25) is 4.79 Å². The van der Waals surface area contributed by atoms with Gasteiger partial charge in [0.05, 0.1) is 13.2 Å². The highest BCUT2D eigenvalue weighted by atomic mass is 16.5. The van der Waals surface area contributed by atoms with Gasteiger partial charge < -0.3 is 25.6 Å². The predicted octanol–water partition coefficient (Wildman–Crippen LogP) is -1.38. The van der Waals surface area contributed by atoms with E-state index in [-0.39, 0.29) is 17.9 Å². The first-order chi connectivity index (χ1) is 10.1. The molecule has 2 saturated heterocycles. The molecular formula is C12H19N7O2. The molecule has 1 amide bonds. The summed E-state index contributed by atoms with van der Waals surface area (Å²) in [5.74, 6) is 1.12. The number of morpholine rings is 1. The van der Waals surface area contributed by atoms with Crippen molar-refractivity contribution in [3.63, 3.8) is 0 Å². The number of hydrogen-bond acceptors (Lipinski definition) is 8. The maximum Gasteiger partial charge on any atom is 0.242 e. The van der Waals surface area contributed by atoms with Gasteiger partial charge in [-0.05, 0) is 6.92 Å². The van der Waals surface area contributed by atoms with Crippen molar-refractivity contribution in [3.8, 4) is 0 Å². The molecule has 3 N–H and O–H groups in total. The summed E-state index contributed by atoms with van der Waals surface area (Å²) in [7, 11) is 0. The van der Waals surface area contributed by atoms with Crippen molar-refractivity contribution in [2.45, 2.75) is 13.0 Å². The molecule has 1 unspecified atom stereocenters. The number of anilines is 3. The zero-order valence-electron chi connectivity index (χ0n) is 11.9. The average molecular weight is 293 g/mol. The maximum absolute atomic E-state index is 11.8. The molecule has 2 aliphatic heterocycles. The predicted molar refractivity (Wildman–Crippen MR) is 77.1 cm³/mol. The summed E-state index contributed by atoms with van der Waals surface area (Å²) in [6.07, 6.45) is 0. The van der Waals surface area contributed by atoms with E-state index in [9.17, 15) is 4.79 Å². The van der Waals surface area contributed by atoms with E-state index in [1.165, 1.54) is 0 Å². The van der Waals surface area contributed by atoms with Crippen LogP contribution in [0.4, 0.5) is 17.8 Å². The minimum Gasteiger partial charge on any atom is -0.378 e. The molecule has 0 aliphatic carbocycles. The summed E-state index contributed by atoms with van der Waals surface area (Å²) < 4.78 is 5.32. The zero-order valence-corrected chi connectivity index (χ0v) is 11.9. The third-order valence-electron chi connectivity index (χ3n) is 3.68. The highest BCUT2D eigenvalue weighted by Crippen LogP contribution is 2.19. The number of piperazine rings is 1. The van der Waals surface area contributed by atoms with E-state index in [1.54, 1.807) is 0 Å². The van der Waals surface area contributed by atoms with Gasteiger partial charge in [0.1, 0.15) is 6.04 Å². The van der Waals surface area contributed by atoms with Gasteiger partial charge in [0.25, 0.3) is 0 Å². The van der Waals surface area contributed by atoms with Crippen LogP contribution in [0.15, 0.2) is 0 Å². The van der Waals surface area contributed by atoms with Gasteiger partial charge in [-0.25, -0.2) is 0 Å². The topological polar surface area (TPSA) is 110 Å². The van der Waals surface area contributed by atoms with Crippen molar-refractivity contribution in [3.05, 3.63) is 0 Å². The first-order valence-corrected chi connectivity index (χ1v) is 7.04. The Morgan fingerprint density at radius 2 is 1.90 bits per heavy atom. The third kappa shape index (κ3) is 2.82. The number of ether oxygens (including phenoxy) is 1. The molecule has 1 aromatic rings. The van der Waals surface area contributed by atoms with Gasteiger partial charge >= 0.3 is 0 Å². The van der Waals surface area contributed by atoms with Crippen LogP contribution in [0.2, 0.25) is 0 Å². The van der Waals surface area contributed by atoms with Crippen molar-refractivity contribution in [1.82, 2.24) is 20.3 Å². The summed E-state index contributed by atoms with van der Waals surface area (Å²) in [6.45, 7) is 5.77. The first kappa shape index (κ1) is 13.8. The molecule has 0 saturated carbocycles. The molecule has 0 bridgehead atoms. The standard InChI is InChI=1S/C12H19N7O2/c1-8-9(20)14-2-3-19(8)12-16-10(13)15-11(17-12)18-4-6-21-7-5-18/h8H,2-7H2,1H3,(H,14,20)(H2,13,15,16,17). The lowest BCUT2D eigenvalue weighted by Gasteiger charge is -2.33. The van der Waals surface area contributed by atoms with Gasteiger partial charge in [0.2, 0.25) is 23.8 Å². The number of amides is 1. The summed E-state index contributed by atoms with van der Waals surface area (Å²) >= 11 is 0. The van der Waals surface area contributed by atoms with Crippen LogP contribution in [0.1, 0.15) is 6.92 Å². The molecule has 3 rings (SSSR count). The fourth-order valence-electron chi connectivity index (χ4n) is 2.46. The van der Waals surface area contributed by atoms with Gasteiger partial charge in [-0.1, -0.05) is 0 Å². The number of nitrogens with two attached hydrogens (primary N) is 1. The molecule has 9 nitrogen and oxygen atoms in total. The normalized spacial score (nSPS) is 23.1. The van der Waals surface area contributed by atoms with Crippen LogP contribution in [0.25, 0.3) is 0 Å². The second-order valence-corrected chi connectivity index (χ2v) is 5.05. The van der Waals surface area contributed by atoms with E-state index in [0.29, 0.717) is 38.2 Å². The number of hydrogen-bond donors (Lipinski definition) is 2. The quantitative estimate of drug-likeness (QED) is 0.686. The maximum atomic E-state index is 11.8. The van der Waals surface area contributed by atoms with E-state index in [2.05, 4.69) is 20.3 Å². The number of rotatable bonds is 2. The van der Waals surface area contributed by atoms with Crippen molar-refractivity contribution in [2.75, 3.05) is 54.9 Å². The van der Waals surface area contributed by atoms with Gasteiger partial charge in [-0.15, -0.1) is 0 Å². The summed E-state index contributed by atoms with van der Waals surface area (Å²) in [4.78, 5) is 28.5. The van der Waals surface area contributed by atoms with Crippen LogP contribution in [-0.4, -0.2) is 66.3 Å². The molecule has 1 aromatic heterocycles. The number of carbonyl (C=O) groups is 1. The fourth-order valence-corrected chi connectivity index (χ4v) is 2.46. The third-order valence-corrected chi connectivity index (χ3v) is 3.68. The largest absolute Gasteiger partial charge is 0.378 e. The van der Waals surface area contributed by atoms with E-state index < -0.39 is 0 Å². The second-order valence-electron chi connectivity index (χ2n) is 5.05. The minimum absolute atomic E-state index is 0.0341. The lowest BCUT2D eigenvalue weighted by Crippen LogP contribution is -2.54. The molecule has 2 fully saturated rings. The lowest BCUT2D eigenvalue weighted by atomic mass is 10.2. The Hall–Kier alpha value is -2.16. The molecule has 3 heterocycles. The Balaban J connectivity index is 1.88. The van der Waals surface area contributed by atoms with Crippen molar-refractivity contribution in [1.29, 1.82) is 0 Å². The minimum atomic E-state index is -0.321. The smallest absolute Gasteiger partial charge is 0.242 e. The molecular weight excluding hydrogens is 274 g/mol. The number of aromatic nitrogens is 3. The number of nitrogens with one attached hydrogen (secondary N) is 1. The van der Waals surface area contributed by atoms with E-state index in [0.717, 1.165) is 13.1 Å². The Bertz CT molecular complexity index is 532. The van der Waals surface area contributed by atoms with Crippen LogP contribution in [0.3, 0.4) is 0 Å². The van der Waals surface area contributed by atoms with Crippen LogP contribution in [0.5, 0.6) is 0 Å². The molecule has 0 spiro atoms. The van der Waals surface area contributed by atoms with Crippen molar-refractivity contribution < 1.29 is 9.53 Å². The molecule has 21 heavy (non-hydrogen) atoms. The average Bonchev–Trinajstić information content (AvgIpc) is 2.50. The monoisotopic (exact) mass is 293 g/mol. The molecule has 114 valence electrons. The van der Waals surface area contributed by atoms with Gasteiger partial charge in [0, 0.05) is 26.2 Å². The van der Waals surface area contributed by atoms with Crippen molar-refractivity contribution in [2.24, 2.45) is 0 Å². The highest BCUT2D eigenvalue weighted by Gasteiger charge is 2.28. The molecule has 0 aromatic carbocycles.